The standard InChI is InChI=1S/C18H26N2O3/c1-13(2)15-6-5-14(16(21)19-15)17(22)20-10-3-7-18(9-11-20)8-4-12-23-18/h5-6,13H,3-4,7-12H2,1-2H3,(H,19,21). The van der Waals surface area contributed by atoms with Crippen LogP contribution in [0.5, 0.6) is 0 Å². The molecule has 2 aliphatic rings. The van der Waals surface area contributed by atoms with Crippen LogP contribution in [0, 0.1) is 0 Å². The summed E-state index contributed by atoms with van der Waals surface area (Å²) in [6.07, 6.45) is 5.04. The molecule has 2 aliphatic heterocycles. The lowest BCUT2D eigenvalue weighted by Crippen LogP contribution is -2.37. The van der Waals surface area contributed by atoms with E-state index in [1.54, 1.807) is 6.07 Å². The van der Waals surface area contributed by atoms with Crippen LogP contribution in [0.4, 0.5) is 0 Å². The Morgan fingerprint density at radius 1 is 1.22 bits per heavy atom. The highest BCUT2D eigenvalue weighted by Gasteiger charge is 2.37. The maximum absolute atomic E-state index is 12.7. The first-order chi connectivity index (χ1) is 11.0. The van der Waals surface area contributed by atoms with E-state index in [-0.39, 0.29) is 28.5 Å². The van der Waals surface area contributed by atoms with Gasteiger partial charge in [0.15, 0.2) is 0 Å². The fraction of sp³-hybridized carbons (Fsp3) is 0.667. The van der Waals surface area contributed by atoms with E-state index < -0.39 is 0 Å². The zero-order chi connectivity index (χ0) is 16.4. The highest BCUT2D eigenvalue weighted by Crippen LogP contribution is 2.35. The van der Waals surface area contributed by atoms with Gasteiger partial charge in [-0.25, -0.2) is 0 Å². The average Bonchev–Trinajstić information content (AvgIpc) is 2.87. The van der Waals surface area contributed by atoms with Crippen LogP contribution < -0.4 is 5.56 Å². The summed E-state index contributed by atoms with van der Waals surface area (Å²) in [7, 11) is 0. The van der Waals surface area contributed by atoms with E-state index in [4.69, 9.17) is 4.74 Å². The van der Waals surface area contributed by atoms with Crippen molar-refractivity contribution in [1.29, 1.82) is 0 Å². The lowest BCUT2D eigenvalue weighted by atomic mass is 9.92. The second kappa shape index (κ2) is 6.48. The number of H-pyrrole nitrogens is 1. The third kappa shape index (κ3) is 3.34. The van der Waals surface area contributed by atoms with Gasteiger partial charge in [0.1, 0.15) is 5.56 Å². The maximum Gasteiger partial charge on any atom is 0.261 e. The molecular formula is C18H26N2O3. The molecule has 1 amide bonds. The van der Waals surface area contributed by atoms with Crippen molar-refractivity contribution in [2.24, 2.45) is 0 Å². The Hall–Kier alpha value is -1.62. The van der Waals surface area contributed by atoms with Crippen LogP contribution in [0.3, 0.4) is 0 Å². The molecule has 5 nitrogen and oxygen atoms in total. The third-order valence-corrected chi connectivity index (χ3v) is 5.15. The number of hydrogen-bond acceptors (Lipinski definition) is 3. The number of aromatic amines is 1. The van der Waals surface area contributed by atoms with Gasteiger partial charge < -0.3 is 14.6 Å². The number of likely N-dealkylation sites (tertiary alicyclic amines) is 1. The van der Waals surface area contributed by atoms with Gasteiger partial charge in [0.2, 0.25) is 0 Å². The molecule has 2 saturated heterocycles. The minimum atomic E-state index is -0.280. The number of nitrogens with zero attached hydrogens (tertiary/aromatic N) is 1. The van der Waals surface area contributed by atoms with Crippen molar-refractivity contribution in [2.75, 3.05) is 19.7 Å². The Morgan fingerprint density at radius 2 is 2.00 bits per heavy atom. The molecular weight excluding hydrogens is 292 g/mol. The van der Waals surface area contributed by atoms with Crippen molar-refractivity contribution in [3.05, 3.63) is 33.7 Å². The number of aromatic nitrogens is 1. The maximum atomic E-state index is 12.7. The fourth-order valence-electron chi connectivity index (χ4n) is 3.68. The van der Waals surface area contributed by atoms with Gasteiger partial charge in [-0.15, -0.1) is 0 Å². The van der Waals surface area contributed by atoms with Crippen LogP contribution in [-0.4, -0.2) is 41.1 Å². The van der Waals surface area contributed by atoms with Crippen LogP contribution in [-0.2, 0) is 4.74 Å². The lowest BCUT2D eigenvalue weighted by Gasteiger charge is -2.26. The number of rotatable bonds is 2. The quantitative estimate of drug-likeness (QED) is 0.912. The number of carbonyl (C=O) groups excluding carboxylic acids is 1. The molecule has 0 aliphatic carbocycles. The van der Waals surface area contributed by atoms with Gasteiger partial charge in [-0.2, -0.15) is 0 Å². The molecule has 3 heterocycles. The molecule has 1 spiro atoms. The molecule has 23 heavy (non-hydrogen) atoms. The minimum absolute atomic E-state index is 0.0249. The molecule has 5 heteroatoms. The van der Waals surface area contributed by atoms with E-state index in [1.807, 2.05) is 24.8 Å². The Bertz CT molecular complexity index is 629. The Labute approximate surface area is 137 Å². The lowest BCUT2D eigenvalue weighted by molar-refractivity contribution is -0.00692. The molecule has 2 fully saturated rings. The molecule has 1 unspecified atom stereocenters. The van der Waals surface area contributed by atoms with E-state index in [9.17, 15) is 9.59 Å². The van der Waals surface area contributed by atoms with E-state index >= 15 is 0 Å². The first-order valence-electron chi connectivity index (χ1n) is 8.67. The summed E-state index contributed by atoms with van der Waals surface area (Å²) in [5.74, 6) is 0.0843. The first kappa shape index (κ1) is 16.2. The van der Waals surface area contributed by atoms with Gasteiger partial charge in [0.05, 0.1) is 5.60 Å². The molecule has 0 radical (unpaired) electrons. The van der Waals surface area contributed by atoms with Gasteiger partial charge in [-0.3, -0.25) is 9.59 Å². The van der Waals surface area contributed by atoms with Crippen molar-refractivity contribution in [3.63, 3.8) is 0 Å². The summed E-state index contributed by atoms with van der Waals surface area (Å²) in [6, 6.07) is 3.52. The van der Waals surface area contributed by atoms with Gasteiger partial charge in [-0.1, -0.05) is 13.8 Å². The van der Waals surface area contributed by atoms with Crippen molar-refractivity contribution >= 4 is 5.91 Å². The highest BCUT2D eigenvalue weighted by atomic mass is 16.5. The normalized spacial score (nSPS) is 25.1. The fourth-order valence-corrected chi connectivity index (χ4v) is 3.68. The highest BCUT2D eigenvalue weighted by molar-refractivity contribution is 5.93. The van der Waals surface area contributed by atoms with E-state index in [2.05, 4.69) is 4.98 Å². The Morgan fingerprint density at radius 3 is 2.65 bits per heavy atom. The second-order valence-corrected chi connectivity index (χ2v) is 7.09. The van der Waals surface area contributed by atoms with Gasteiger partial charge >= 0.3 is 0 Å². The van der Waals surface area contributed by atoms with Crippen LogP contribution in [0.15, 0.2) is 16.9 Å². The summed E-state index contributed by atoms with van der Waals surface area (Å²) in [5.41, 5.74) is 0.804. The topological polar surface area (TPSA) is 62.4 Å². The largest absolute Gasteiger partial charge is 0.375 e. The molecule has 0 saturated carbocycles. The predicted octanol–water partition coefficient (Wildman–Crippen LogP) is 2.67. The van der Waals surface area contributed by atoms with E-state index in [0.29, 0.717) is 13.1 Å². The molecule has 1 aromatic rings. The molecule has 126 valence electrons. The predicted molar refractivity (Wildman–Crippen MR) is 88.8 cm³/mol. The SMILES string of the molecule is CC(C)c1ccc(C(=O)N2CCCC3(CCCO3)CC2)c(=O)[nH]1. The van der Waals surface area contributed by atoms with Gasteiger partial charge in [0.25, 0.3) is 11.5 Å². The molecule has 3 rings (SSSR count). The average molecular weight is 318 g/mol. The molecule has 1 aromatic heterocycles. The van der Waals surface area contributed by atoms with E-state index in [1.165, 1.54) is 0 Å². The molecule has 1 atom stereocenters. The van der Waals surface area contributed by atoms with Crippen molar-refractivity contribution in [1.82, 2.24) is 9.88 Å². The zero-order valence-electron chi connectivity index (χ0n) is 14.1. The number of nitrogens with one attached hydrogen (secondary N) is 1. The van der Waals surface area contributed by atoms with Gasteiger partial charge in [0, 0.05) is 25.4 Å². The monoisotopic (exact) mass is 318 g/mol. The molecule has 1 N–H and O–H groups in total. The number of pyridine rings is 1. The Balaban J connectivity index is 1.74. The van der Waals surface area contributed by atoms with Crippen LogP contribution in [0.25, 0.3) is 0 Å². The van der Waals surface area contributed by atoms with Crippen molar-refractivity contribution < 1.29 is 9.53 Å². The molecule has 0 bridgehead atoms. The summed E-state index contributed by atoms with van der Waals surface area (Å²) in [4.78, 5) is 29.6. The smallest absolute Gasteiger partial charge is 0.261 e. The van der Waals surface area contributed by atoms with Crippen molar-refractivity contribution in [2.45, 2.75) is 57.5 Å². The van der Waals surface area contributed by atoms with Crippen LogP contribution >= 0.6 is 0 Å². The second-order valence-electron chi connectivity index (χ2n) is 7.09. The summed E-state index contributed by atoms with van der Waals surface area (Å²) in [6.45, 7) is 6.25. The van der Waals surface area contributed by atoms with E-state index in [0.717, 1.165) is 44.4 Å². The Kier molecular flexibility index (Phi) is 4.57. The molecule has 0 aromatic carbocycles. The summed E-state index contributed by atoms with van der Waals surface area (Å²) in [5, 5.41) is 0. The minimum Gasteiger partial charge on any atom is -0.375 e. The van der Waals surface area contributed by atoms with Crippen LogP contribution in [0.2, 0.25) is 0 Å². The van der Waals surface area contributed by atoms with Gasteiger partial charge in [-0.05, 0) is 50.2 Å². The zero-order valence-corrected chi connectivity index (χ0v) is 14.1. The number of amides is 1. The third-order valence-electron chi connectivity index (χ3n) is 5.15. The number of carbonyl (C=O) groups is 1. The summed E-state index contributed by atoms with van der Waals surface area (Å²) < 4.78 is 5.96. The van der Waals surface area contributed by atoms with Crippen LogP contribution in [0.1, 0.15) is 67.9 Å². The number of ether oxygens (including phenoxy) is 1. The summed E-state index contributed by atoms with van der Waals surface area (Å²) >= 11 is 0. The number of hydrogen-bond donors (Lipinski definition) is 1. The van der Waals surface area contributed by atoms with Crippen molar-refractivity contribution in [3.8, 4) is 0 Å². The first-order valence-corrected chi connectivity index (χ1v) is 8.67.